The van der Waals surface area contributed by atoms with Gasteiger partial charge in [-0.2, -0.15) is 5.26 Å². The zero-order valence-corrected chi connectivity index (χ0v) is 10.5. The molecule has 0 saturated carbocycles. The molecule has 0 saturated heterocycles. The van der Waals surface area contributed by atoms with Crippen molar-refractivity contribution < 1.29 is 8.42 Å². The second-order valence-electron chi connectivity index (χ2n) is 4.63. The minimum Gasteiger partial charge on any atom is -0.315 e. The van der Waals surface area contributed by atoms with Gasteiger partial charge >= 0.3 is 0 Å². The van der Waals surface area contributed by atoms with Crippen molar-refractivity contribution in [2.24, 2.45) is 5.41 Å². The Kier molecular flexibility index (Phi) is 5.84. The summed E-state index contributed by atoms with van der Waals surface area (Å²) in [6.45, 7) is 5.36. The largest absolute Gasteiger partial charge is 0.315 e. The highest BCUT2D eigenvalue weighted by molar-refractivity contribution is 7.90. The van der Waals surface area contributed by atoms with E-state index in [9.17, 15) is 8.42 Å². The van der Waals surface area contributed by atoms with Crippen molar-refractivity contribution in [3.63, 3.8) is 0 Å². The normalized spacial score (nSPS) is 12.4. The molecule has 0 fully saturated rings. The Morgan fingerprint density at radius 3 is 2.47 bits per heavy atom. The van der Waals surface area contributed by atoms with Crippen LogP contribution in [0.15, 0.2) is 0 Å². The number of sulfone groups is 1. The quantitative estimate of drug-likeness (QED) is 0.663. The van der Waals surface area contributed by atoms with E-state index in [1.807, 2.05) is 0 Å². The molecule has 0 aliphatic carbocycles. The molecule has 15 heavy (non-hydrogen) atoms. The van der Waals surface area contributed by atoms with E-state index < -0.39 is 9.84 Å². The first-order valence-electron chi connectivity index (χ1n) is 5.02. The lowest BCUT2D eigenvalue weighted by atomic mass is 9.88. The molecule has 0 aromatic heterocycles. The van der Waals surface area contributed by atoms with Crippen molar-refractivity contribution in [2.75, 3.05) is 25.1 Å². The van der Waals surface area contributed by atoms with Crippen molar-refractivity contribution in [1.29, 1.82) is 5.26 Å². The van der Waals surface area contributed by atoms with Crippen LogP contribution in [0.4, 0.5) is 0 Å². The molecule has 0 aromatic rings. The van der Waals surface area contributed by atoms with Crippen molar-refractivity contribution in [3.05, 3.63) is 0 Å². The first-order valence-corrected chi connectivity index (χ1v) is 7.08. The lowest BCUT2D eigenvalue weighted by Crippen LogP contribution is -2.32. The van der Waals surface area contributed by atoms with E-state index in [1.54, 1.807) is 0 Å². The molecule has 0 aliphatic rings. The highest BCUT2D eigenvalue weighted by Crippen LogP contribution is 2.20. The fourth-order valence-corrected chi connectivity index (χ4v) is 1.68. The summed E-state index contributed by atoms with van der Waals surface area (Å²) in [7, 11) is -2.87. The van der Waals surface area contributed by atoms with E-state index in [0.717, 1.165) is 13.0 Å². The summed E-state index contributed by atoms with van der Waals surface area (Å²) in [6, 6.07) is 2.11. The van der Waals surface area contributed by atoms with Crippen molar-refractivity contribution in [1.82, 2.24) is 5.32 Å². The van der Waals surface area contributed by atoms with Crippen LogP contribution < -0.4 is 5.32 Å². The average molecular weight is 232 g/mol. The number of nitriles is 1. The summed E-state index contributed by atoms with van der Waals surface area (Å²) in [5, 5.41) is 11.6. The first kappa shape index (κ1) is 14.4. The van der Waals surface area contributed by atoms with Crippen LogP contribution in [-0.2, 0) is 9.84 Å². The fraction of sp³-hybridized carbons (Fsp3) is 0.900. The Morgan fingerprint density at radius 2 is 2.00 bits per heavy atom. The fourth-order valence-electron chi connectivity index (χ4n) is 1.17. The number of hydrogen-bond acceptors (Lipinski definition) is 4. The van der Waals surface area contributed by atoms with E-state index in [0.29, 0.717) is 13.0 Å². The third-order valence-electron chi connectivity index (χ3n) is 2.17. The highest BCUT2D eigenvalue weighted by Gasteiger charge is 2.16. The number of nitrogens with zero attached hydrogens (tertiary/aromatic N) is 1. The predicted molar refractivity (Wildman–Crippen MR) is 61.2 cm³/mol. The minimum atomic E-state index is -2.87. The summed E-state index contributed by atoms with van der Waals surface area (Å²) in [5.74, 6) is 0.168. The molecule has 0 unspecified atom stereocenters. The topological polar surface area (TPSA) is 70.0 Å². The Balaban J connectivity index is 3.71. The summed E-state index contributed by atoms with van der Waals surface area (Å²) in [5.41, 5.74) is 0.0488. The first-order chi connectivity index (χ1) is 6.77. The molecule has 5 heteroatoms. The number of hydrogen-bond donors (Lipinski definition) is 1. The Hall–Kier alpha value is -0.600. The third kappa shape index (κ3) is 9.70. The lowest BCUT2D eigenvalue weighted by Gasteiger charge is -2.23. The smallest absolute Gasteiger partial charge is 0.148 e. The monoisotopic (exact) mass is 232 g/mol. The molecule has 0 aliphatic heterocycles. The van der Waals surface area contributed by atoms with Gasteiger partial charge in [-0.1, -0.05) is 13.8 Å². The van der Waals surface area contributed by atoms with E-state index in [2.05, 4.69) is 25.2 Å². The van der Waals surface area contributed by atoms with Gasteiger partial charge in [0, 0.05) is 25.8 Å². The van der Waals surface area contributed by atoms with Crippen molar-refractivity contribution >= 4 is 9.84 Å². The van der Waals surface area contributed by atoms with Gasteiger partial charge in [-0.15, -0.1) is 0 Å². The van der Waals surface area contributed by atoms with Crippen LogP contribution in [0.5, 0.6) is 0 Å². The van der Waals surface area contributed by atoms with Crippen LogP contribution in [0.25, 0.3) is 0 Å². The molecule has 0 aromatic carbocycles. The summed E-state index contributed by atoms with van der Waals surface area (Å²) in [4.78, 5) is 0. The minimum absolute atomic E-state index is 0.0488. The van der Waals surface area contributed by atoms with Gasteiger partial charge in [-0.05, 0) is 11.8 Å². The molecule has 0 atom stereocenters. The predicted octanol–water partition coefficient (Wildman–Crippen LogP) is 0.951. The average Bonchev–Trinajstić information content (AvgIpc) is 2.08. The molecule has 4 nitrogen and oxygen atoms in total. The van der Waals surface area contributed by atoms with Gasteiger partial charge in [0.05, 0.1) is 11.8 Å². The van der Waals surface area contributed by atoms with Crippen LogP contribution in [0.3, 0.4) is 0 Å². The number of nitrogens with one attached hydrogen (secondary N) is 1. The zero-order chi connectivity index (χ0) is 11.9. The van der Waals surface area contributed by atoms with E-state index in [4.69, 9.17) is 5.26 Å². The highest BCUT2D eigenvalue weighted by atomic mass is 32.2. The summed E-state index contributed by atoms with van der Waals surface area (Å²) in [6.07, 6.45) is 2.60. The van der Waals surface area contributed by atoms with E-state index in [1.165, 1.54) is 6.26 Å². The van der Waals surface area contributed by atoms with Gasteiger partial charge in [0.1, 0.15) is 9.84 Å². The third-order valence-corrected chi connectivity index (χ3v) is 3.11. The van der Waals surface area contributed by atoms with Gasteiger partial charge in [0.25, 0.3) is 0 Å². The molecular weight excluding hydrogens is 212 g/mol. The zero-order valence-electron chi connectivity index (χ0n) is 9.71. The maximum Gasteiger partial charge on any atom is 0.148 e. The molecule has 0 amide bonds. The Labute approximate surface area is 92.6 Å². The van der Waals surface area contributed by atoms with Crippen molar-refractivity contribution in [2.45, 2.75) is 26.7 Å². The van der Waals surface area contributed by atoms with Crippen LogP contribution in [-0.4, -0.2) is 33.5 Å². The lowest BCUT2D eigenvalue weighted by molar-refractivity contribution is 0.321. The Morgan fingerprint density at radius 1 is 1.40 bits per heavy atom. The van der Waals surface area contributed by atoms with E-state index in [-0.39, 0.29) is 11.2 Å². The van der Waals surface area contributed by atoms with Gasteiger partial charge in [0.15, 0.2) is 0 Å². The van der Waals surface area contributed by atoms with Gasteiger partial charge < -0.3 is 5.32 Å². The maximum atomic E-state index is 10.8. The summed E-state index contributed by atoms with van der Waals surface area (Å²) < 4.78 is 21.7. The molecule has 88 valence electrons. The van der Waals surface area contributed by atoms with Gasteiger partial charge in [-0.25, -0.2) is 8.42 Å². The van der Waals surface area contributed by atoms with Gasteiger partial charge in [0.2, 0.25) is 0 Å². The summed E-state index contributed by atoms with van der Waals surface area (Å²) >= 11 is 0. The second kappa shape index (κ2) is 6.09. The van der Waals surface area contributed by atoms with Crippen LogP contribution in [0.1, 0.15) is 26.7 Å². The Bertz CT molecular complexity index is 315. The second-order valence-corrected chi connectivity index (χ2v) is 6.89. The molecular formula is C10H20N2O2S. The van der Waals surface area contributed by atoms with Gasteiger partial charge in [-0.3, -0.25) is 0 Å². The molecule has 0 rings (SSSR count). The van der Waals surface area contributed by atoms with Crippen LogP contribution >= 0.6 is 0 Å². The molecule has 0 heterocycles. The molecule has 1 N–H and O–H groups in total. The van der Waals surface area contributed by atoms with Crippen molar-refractivity contribution in [3.8, 4) is 6.07 Å². The standard InChI is InChI=1S/C10H20N2O2S/c1-10(2,5-4-6-11)9-12-7-8-15(3,13)14/h12H,4-5,7-9H2,1-3H3. The SMILES string of the molecule is CC(C)(CCC#N)CNCCS(C)(=O)=O. The van der Waals surface area contributed by atoms with Crippen LogP contribution in [0, 0.1) is 16.7 Å². The molecule has 0 bridgehead atoms. The molecule has 0 radical (unpaired) electrons. The van der Waals surface area contributed by atoms with Crippen LogP contribution in [0.2, 0.25) is 0 Å². The van der Waals surface area contributed by atoms with E-state index >= 15 is 0 Å². The molecule has 0 spiro atoms. The number of rotatable bonds is 7. The maximum absolute atomic E-state index is 10.8.